The SMILES string of the molecule is O=C(O)C=CCc1nc2ccccc2s1. The molecule has 3 nitrogen and oxygen atoms in total. The van der Waals surface area contributed by atoms with Crippen molar-refractivity contribution in [2.24, 2.45) is 0 Å². The molecule has 1 aromatic heterocycles. The fraction of sp³-hybridized carbons (Fsp3) is 0.0909. The molecule has 76 valence electrons. The summed E-state index contributed by atoms with van der Waals surface area (Å²) < 4.78 is 1.14. The van der Waals surface area contributed by atoms with Crippen LogP contribution < -0.4 is 0 Å². The highest BCUT2D eigenvalue weighted by Gasteiger charge is 2.00. The second-order valence-corrected chi connectivity index (χ2v) is 4.14. The van der Waals surface area contributed by atoms with Crippen LogP contribution in [0.1, 0.15) is 5.01 Å². The summed E-state index contributed by atoms with van der Waals surface area (Å²) >= 11 is 1.59. The maximum absolute atomic E-state index is 10.3. The summed E-state index contributed by atoms with van der Waals surface area (Å²) in [6, 6.07) is 7.88. The summed E-state index contributed by atoms with van der Waals surface area (Å²) in [5, 5.41) is 9.37. The Hall–Kier alpha value is -1.68. The molecule has 2 rings (SSSR count). The first-order chi connectivity index (χ1) is 7.25. The highest BCUT2D eigenvalue weighted by molar-refractivity contribution is 7.18. The molecule has 0 saturated carbocycles. The number of allylic oxidation sites excluding steroid dienone is 1. The van der Waals surface area contributed by atoms with E-state index >= 15 is 0 Å². The third-order valence-corrected chi connectivity index (χ3v) is 2.95. The number of carbonyl (C=O) groups is 1. The molecule has 0 atom stereocenters. The van der Waals surface area contributed by atoms with E-state index in [1.807, 2.05) is 24.3 Å². The molecular weight excluding hydrogens is 210 g/mol. The standard InChI is InChI=1S/C11H9NO2S/c13-11(14)7-3-6-10-12-8-4-1-2-5-9(8)15-10/h1-5,7H,6H2,(H,13,14). The number of hydrogen-bond acceptors (Lipinski definition) is 3. The minimum absolute atomic E-state index is 0.575. The van der Waals surface area contributed by atoms with Crippen LogP contribution in [0.3, 0.4) is 0 Å². The Morgan fingerprint density at radius 3 is 3.00 bits per heavy atom. The van der Waals surface area contributed by atoms with Gasteiger partial charge in [0.05, 0.1) is 15.2 Å². The molecule has 0 aliphatic heterocycles. The van der Waals surface area contributed by atoms with Crippen molar-refractivity contribution in [3.05, 3.63) is 41.4 Å². The van der Waals surface area contributed by atoms with Crippen molar-refractivity contribution in [3.63, 3.8) is 0 Å². The molecule has 15 heavy (non-hydrogen) atoms. The number of thiazole rings is 1. The van der Waals surface area contributed by atoms with Crippen LogP contribution in [-0.2, 0) is 11.2 Å². The van der Waals surface area contributed by atoms with Gasteiger partial charge >= 0.3 is 5.97 Å². The lowest BCUT2D eigenvalue weighted by molar-refractivity contribution is -0.131. The summed E-state index contributed by atoms with van der Waals surface area (Å²) in [5.41, 5.74) is 0.973. The van der Waals surface area contributed by atoms with Crippen LogP contribution in [0.5, 0.6) is 0 Å². The third kappa shape index (κ3) is 2.41. The highest BCUT2D eigenvalue weighted by Crippen LogP contribution is 2.21. The first-order valence-corrected chi connectivity index (χ1v) is 5.31. The van der Waals surface area contributed by atoms with E-state index in [9.17, 15) is 4.79 Å². The summed E-state index contributed by atoms with van der Waals surface area (Å²) in [4.78, 5) is 14.6. The van der Waals surface area contributed by atoms with Crippen LogP contribution in [0.15, 0.2) is 36.4 Å². The molecule has 0 spiro atoms. The van der Waals surface area contributed by atoms with Crippen molar-refractivity contribution in [1.82, 2.24) is 4.98 Å². The van der Waals surface area contributed by atoms with Gasteiger partial charge in [0.25, 0.3) is 0 Å². The smallest absolute Gasteiger partial charge is 0.327 e. The van der Waals surface area contributed by atoms with E-state index in [-0.39, 0.29) is 0 Å². The topological polar surface area (TPSA) is 50.2 Å². The Morgan fingerprint density at radius 2 is 2.27 bits per heavy atom. The van der Waals surface area contributed by atoms with Gasteiger partial charge in [-0.2, -0.15) is 0 Å². The van der Waals surface area contributed by atoms with E-state index in [0.717, 1.165) is 21.3 Å². The lowest BCUT2D eigenvalue weighted by Gasteiger charge is -1.84. The lowest BCUT2D eigenvalue weighted by Crippen LogP contribution is -1.87. The van der Waals surface area contributed by atoms with Gasteiger partial charge in [-0.3, -0.25) is 0 Å². The van der Waals surface area contributed by atoms with Gasteiger partial charge in [0.1, 0.15) is 0 Å². The van der Waals surface area contributed by atoms with Gasteiger partial charge in [-0.05, 0) is 12.1 Å². The number of fused-ring (bicyclic) bond motifs is 1. The lowest BCUT2D eigenvalue weighted by atomic mass is 10.3. The molecule has 0 amide bonds. The minimum Gasteiger partial charge on any atom is -0.478 e. The predicted octanol–water partition coefficient (Wildman–Crippen LogP) is 2.48. The molecule has 0 unspecified atom stereocenters. The molecular formula is C11H9NO2S. The van der Waals surface area contributed by atoms with Gasteiger partial charge in [0.2, 0.25) is 0 Å². The number of carboxylic acid groups (broad SMARTS) is 1. The normalized spacial score (nSPS) is 11.2. The highest BCUT2D eigenvalue weighted by atomic mass is 32.1. The number of benzene rings is 1. The molecule has 0 bridgehead atoms. The van der Waals surface area contributed by atoms with Gasteiger partial charge in [-0.15, -0.1) is 11.3 Å². The molecule has 0 fully saturated rings. The van der Waals surface area contributed by atoms with Crippen LogP contribution in [-0.4, -0.2) is 16.1 Å². The molecule has 0 saturated heterocycles. The van der Waals surface area contributed by atoms with Crippen molar-refractivity contribution < 1.29 is 9.90 Å². The third-order valence-electron chi connectivity index (χ3n) is 1.89. The Balaban J connectivity index is 2.19. The Kier molecular flexibility index (Phi) is 2.78. The van der Waals surface area contributed by atoms with Crippen LogP contribution >= 0.6 is 11.3 Å². The fourth-order valence-corrected chi connectivity index (χ4v) is 2.21. The molecule has 4 heteroatoms. The number of aromatic nitrogens is 1. The summed E-state index contributed by atoms with van der Waals surface area (Å²) in [7, 11) is 0. The average Bonchev–Trinajstić information content (AvgIpc) is 2.59. The first-order valence-electron chi connectivity index (χ1n) is 4.49. The molecule has 2 aromatic rings. The summed E-state index contributed by atoms with van der Waals surface area (Å²) in [6.45, 7) is 0. The van der Waals surface area contributed by atoms with E-state index in [0.29, 0.717) is 6.42 Å². The van der Waals surface area contributed by atoms with Crippen LogP contribution in [0.4, 0.5) is 0 Å². The monoisotopic (exact) mass is 219 g/mol. The van der Waals surface area contributed by atoms with Gasteiger partial charge in [0.15, 0.2) is 0 Å². The number of nitrogens with zero attached hydrogens (tertiary/aromatic N) is 1. The maximum atomic E-state index is 10.3. The fourth-order valence-electron chi connectivity index (χ4n) is 1.27. The van der Waals surface area contributed by atoms with Gasteiger partial charge < -0.3 is 5.11 Å². The number of carboxylic acids is 1. The number of rotatable bonds is 3. The number of hydrogen-bond donors (Lipinski definition) is 1. The number of para-hydroxylation sites is 1. The zero-order chi connectivity index (χ0) is 10.7. The molecule has 1 N–H and O–H groups in total. The largest absolute Gasteiger partial charge is 0.478 e. The van der Waals surface area contributed by atoms with Crippen molar-refractivity contribution in [2.45, 2.75) is 6.42 Å². The maximum Gasteiger partial charge on any atom is 0.327 e. The van der Waals surface area contributed by atoms with Crippen molar-refractivity contribution >= 4 is 27.5 Å². The van der Waals surface area contributed by atoms with Gasteiger partial charge in [0, 0.05) is 12.5 Å². The second-order valence-electron chi connectivity index (χ2n) is 3.02. The Bertz CT molecular complexity index is 483. The van der Waals surface area contributed by atoms with Crippen molar-refractivity contribution in [3.8, 4) is 0 Å². The van der Waals surface area contributed by atoms with Crippen LogP contribution in [0, 0.1) is 0 Å². The Morgan fingerprint density at radius 1 is 1.47 bits per heavy atom. The van der Waals surface area contributed by atoms with E-state index < -0.39 is 5.97 Å². The zero-order valence-electron chi connectivity index (χ0n) is 7.88. The molecule has 0 aliphatic rings. The van der Waals surface area contributed by atoms with Gasteiger partial charge in [-0.25, -0.2) is 9.78 Å². The zero-order valence-corrected chi connectivity index (χ0v) is 8.70. The predicted molar refractivity (Wildman–Crippen MR) is 60.1 cm³/mol. The van der Waals surface area contributed by atoms with Crippen LogP contribution in [0.25, 0.3) is 10.2 Å². The molecule has 1 aromatic carbocycles. The molecule has 1 heterocycles. The van der Waals surface area contributed by atoms with E-state index in [1.54, 1.807) is 17.4 Å². The van der Waals surface area contributed by atoms with Gasteiger partial charge in [-0.1, -0.05) is 18.2 Å². The summed E-state index contributed by atoms with van der Waals surface area (Å²) in [6.07, 6.45) is 3.33. The summed E-state index contributed by atoms with van der Waals surface area (Å²) in [5.74, 6) is -0.920. The number of aliphatic carboxylic acids is 1. The van der Waals surface area contributed by atoms with Crippen LogP contribution in [0.2, 0.25) is 0 Å². The average molecular weight is 219 g/mol. The van der Waals surface area contributed by atoms with E-state index in [2.05, 4.69) is 4.98 Å². The van der Waals surface area contributed by atoms with Crippen molar-refractivity contribution in [2.75, 3.05) is 0 Å². The Labute approximate surface area is 90.7 Å². The quantitative estimate of drug-likeness (QED) is 0.807. The molecule has 0 radical (unpaired) electrons. The van der Waals surface area contributed by atoms with E-state index in [4.69, 9.17) is 5.11 Å². The van der Waals surface area contributed by atoms with E-state index in [1.165, 1.54) is 0 Å². The first kappa shape index (κ1) is 9.86. The molecule has 0 aliphatic carbocycles. The minimum atomic E-state index is -0.920. The van der Waals surface area contributed by atoms with Crippen molar-refractivity contribution in [1.29, 1.82) is 0 Å². The second kappa shape index (κ2) is 4.23.